The Kier molecular flexibility index (Phi) is 4.92. The van der Waals surface area contributed by atoms with E-state index in [1.165, 1.54) is 12.1 Å². The number of nitrogens with one attached hydrogen (secondary N) is 2. The lowest BCUT2D eigenvalue weighted by molar-refractivity contribution is 0.424. The van der Waals surface area contributed by atoms with Crippen LogP contribution >= 0.6 is 11.6 Å². The number of anilines is 2. The molecule has 0 aliphatic rings. The van der Waals surface area contributed by atoms with Crippen LogP contribution in [-0.2, 0) is 0 Å². The largest absolute Gasteiger partial charge is 0.406 e. The first-order chi connectivity index (χ1) is 9.60. The molecule has 0 bridgehead atoms. The molecule has 1 heterocycles. The Morgan fingerprint density at radius 2 is 2.20 bits per heavy atom. The summed E-state index contributed by atoms with van der Waals surface area (Å²) in [5.41, 5.74) is 0.584. The third-order valence-electron chi connectivity index (χ3n) is 2.68. The van der Waals surface area contributed by atoms with Crippen LogP contribution in [0.1, 0.15) is 32.2 Å². The van der Waals surface area contributed by atoms with E-state index in [2.05, 4.69) is 27.8 Å². The average Bonchev–Trinajstić information content (AvgIpc) is 2.89. The molecule has 0 radical (unpaired) electrons. The van der Waals surface area contributed by atoms with E-state index in [1.54, 1.807) is 6.07 Å². The highest BCUT2D eigenvalue weighted by molar-refractivity contribution is 6.31. The molecule has 1 unspecified atom stereocenters. The summed E-state index contributed by atoms with van der Waals surface area (Å²) in [5.74, 6) is 0.0231. The van der Waals surface area contributed by atoms with Crippen molar-refractivity contribution in [3.05, 3.63) is 34.9 Å². The van der Waals surface area contributed by atoms with E-state index in [0.717, 1.165) is 13.0 Å². The van der Waals surface area contributed by atoms with E-state index in [9.17, 15) is 4.39 Å². The molecule has 1 atom stereocenters. The Labute approximate surface area is 121 Å². The van der Waals surface area contributed by atoms with Gasteiger partial charge in [0.1, 0.15) is 5.82 Å². The molecule has 2 N–H and O–H groups in total. The fourth-order valence-electron chi connectivity index (χ4n) is 1.61. The second-order valence-electron chi connectivity index (χ2n) is 4.38. The fourth-order valence-corrected chi connectivity index (χ4v) is 1.79. The topological polar surface area (TPSA) is 63.0 Å². The number of benzene rings is 1. The number of hydrogen-bond acceptors (Lipinski definition) is 5. The van der Waals surface area contributed by atoms with Crippen molar-refractivity contribution in [3.63, 3.8) is 0 Å². The lowest BCUT2D eigenvalue weighted by Gasteiger charge is -2.07. The van der Waals surface area contributed by atoms with Crippen LogP contribution in [0.3, 0.4) is 0 Å². The SMILES string of the molecule is CCCNC(C)c1nnc(Nc2ccc(F)c(Cl)c2)o1. The van der Waals surface area contributed by atoms with Crippen molar-refractivity contribution in [1.29, 1.82) is 0 Å². The zero-order valence-electron chi connectivity index (χ0n) is 11.3. The maximum atomic E-state index is 13.0. The molecule has 0 saturated carbocycles. The minimum absolute atomic E-state index is 0.0187. The zero-order valence-corrected chi connectivity index (χ0v) is 12.0. The molecule has 2 rings (SSSR count). The summed E-state index contributed by atoms with van der Waals surface area (Å²) in [6.45, 7) is 4.90. The van der Waals surface area contributed by atoms with Crippen molar-refractivity contribution in [1.82, 2.24) is 15.5 Å². The lowest BCUT2D eigenvalue weighted by Crippen LogP contribution is -2.19. The van der Waals surface area contributed by atoms with Crippen LogP contribution in [0.2, 0.25) is 5.02 Å². The van der Waals surface area contributed by atoms with Gasteiger partial charge in [-0.2, -0.15) is 0 Å². The predicted molar refractivity (Wildman–Crippen MR) is 75.7 cm³/mol. The van der Waals surface area contributed by atoms with Crippen molar-refractivity contribution in [2.75, 3.05) is 11.9 Å². The van der Waals surface area contributed by atoms with Crippen LogP contribution < -0.4 is 10.6 Å². The minimum Gasteiger partial charge on any atom is -0.406 e. The molecule has 0 saturated heterocycles. The van der Waals surface area contributed by atoms with Gasteiger partial charge in [-0.3, -0.25) is 0 Å². The van der Waals surface area contributed by atoms with Gasteiger partial charge in [0, 0.05) is 5.69 Å². The van der Waals surface area contributed by atoms with E-state index in [0.29, 0.717) is 11.6 Å². The van der Waals surface area contributed by atoms with E-state index >= 15 is 0 Å². The van der Waals surface area contributed by atoms with Gasteiger partial charge in [0.05, 0.1) is 11.1 Å². The molecule has 0 amide bonds. The van der Waals surface area contributed by atoms with E-state index in [1.807, 2.05) is 6.92 Å². The van der Waals surface area contributed by atoms with Crippen LogP contribution in [0.4, 0.5) is 16.1 Å². The third kappa shape index (κ3) is 3.68. The molecule has 1 aromatic carbocycles. The maximum Gasteiger partial charge on any atom is 0.320 e. The van der Waals surface area contributed by atoms with Crippen molar-refractivity contribution in [2.45, 2.75) is 26.3 Å². The molecule has 0 fully saturated rings. The molecule has 7 heteroatoms. The van der Waals surface area contributed by atoms with Crippen molar-refractivity contribution >= 4 is 23.3 Å². The Hall–Kier alpha value is -1.66. The predicted octanol–water partition coefficient (Wildman–Crippen LogP) is 3.67. The fraction of sp³-hybridized carbons (Fsp3) is 0.385. The number of nitrogens with zero attached hydrogens (tertiary/aromatic N) is 2. The Morgan fingerprint density at radius 1 is 1.40 bits per heavy atom. The molecular formula is C13H16ClFN4O. The normalized spacial score (nSPS) is 12.4. The molecule has 108 valence electrons. The van der Waals surface area contributed by atoms with Crippen LogP contribution in [0.25, 0.3) is 0 Å². The summed E-state index contributed by atoms with van der Waals surface area (Å²) >= 11 is 5.70. The van der Waals surface area contributed by atoms with Crippen molar-refractivity contribution in [3.8, 4) is 0 Å². The Balaban J connectivity index is 2.03. The maximum absolute atomic E-state index is 13.0. The van der Waals surface area contributed by atoms with E-state index < -0.39 is 5.82 Å². The molecule has 1 aromatic heterocycles. The van der Waals surface area contributed by atoms with Crippen molar-refractivity contribution in [2.24, 2.45) is 0 Å². The molecular weight excluding hydrogens is 283 g/mol. The number of hydrogen-bond donors (Lipinski definition) is 2. The molecule has 20 heavy (non-hydrogen) atoms. The molecule has 2 aromatic rings. The quantitative estimate of drug-likeness (QED) is 0.852. The second-order valence-corrected chi connectivity index (χ2v) is 4.78. The average molecular weight is 299 g/mol. The summed E-state index contributed by atoms with van der Waals surface area (Å²) in [5, 5.41) is 14.0. The van der Waals surface area contributed by atoms with E-state index in [4.69, 9.17) is 16.0 Å². The van der Waals surface area contributed by atoms with Gasteiger partial charge in [-0.15, -0.1) is 5.10 Å². The second kappa shape index (κ2) is 6.67. The van der Waals surface area contributed by atoms with Gasteiger partial charge in [0.2, 0.25) is 5.89 Å². The summed E-state index contributed by atoms with van der Waals surface area (Å²) < 4.78 is 18.5. The molecule has 0 aliphatic heterocycles. The van der Waals surface area contributed by atoms with Crippen LogP contribution in [-0.4, -0.2) is 16.7 Å². The number of halogens is 2. The summed E-state index contributed by atoms with van der Waals surface area (Å²) in [6.07, 6.45) is 1.03. The van der Waals surface area contributed by atoms with Crippen LogP contribution in [0.15, 0.2) is 22.6 Å². The highest BCUT2D eigenvalue weighted by Crippen LogP contribution is 2.23. The summed E-state index contributed by atoms with van der Waals surface area (Å²) in [6, 6.07) is 4.50. The molecule has 5 nitrogen and oxygen atoms in total. The van der Waals surface area contributed by atoms with Crippen LogP contribution in [0, 0.1) is 5.82 Å². The third-order valence-corrected chi connectivity index (χ3v) is 2.97. The van der Waals surface area contributed by atoms with Gasteiger partial charge in [-0.05, 0) is 38.1 Å². The van der Waals surface area contributed by atoms with Gasteiger partial charge >= 0.3 is 6.01 Å². The molecule has 0 spiro atoms. The smallest absolute Gasteiger partial charge is 0.320 e. The van der Waals surface area contributed by atoms with Gasteiger partial charge in [-0.1, -0.05) is 23.6 Å². The van der Waals surface area contributed by atoms with Gasteiger partial charge in [0.15, 0.2) is 0 Å². The molecule has 0 aliphatic carbocycles. The first kappa shape index (κ1) is 14.7. The highest BCUT2D eigenvalue weighted by atomic mass is 35.5. The Morgan fingerprint density at radius 3 is 2.90 bits per heavy atom. The Bertz CT molecular complexity index is 575. The summed E-state index contributed by atoms with van der Waals surface area (Å²) in [7, 11) is 0. The minimum atomic E-state index is -0.471. The highest BCUT2D eigenvalue weighted by Gasteiger charge is 2.13. The standard InChI is InChI=1S/C13H16ClFN4O/c1-3-6-16-8(2)12-18-19-13(20-12)17-9-4-5-11(15)10(14)7-9/h4-5,7-8,16H,3,6H2,1-2H3,(H,17,19). The van der Waals surface area contributed by atoms with Gasteiger partial charge < -0.3 is 15.1 Å². The first-order valence-electron chi connectivity index (χ1n) is 6.39. The first-order valence-corrected chi connectivity index (χ1v) is 6.76. The number of aromatic nitrogens is 2. The van der Waals surface area contributed by atoms with E-state index in [-0.39, 0.29) is 17.1 Å². The monoisotopic (exact) mass is 298 g/mol. The van der Waals surface area contributed by atoms with Crippen LogP contribution in [0.5, 0.6) is 0 Å². The zero-order chi connectivity index (χ0) is 14.5. The summed E-state index contributed by atoms with van der Waals surface area (Å²) in [4.78, 5) is 0. The van der Waals surface area contributed by atoms with Crippen molar-refractivity contribution < 1.29 is 8.81 Å². The number of rotatable bonds is 6. The van der Waals surface area contributed by atoms with Gasteiger partial charge in [-0.25, -0.2) is 4.39 Å². The lowest BCUT2D eigenvalue weighted by atomic mass is 10.3. The van der Waals surface area contributed by atoms with Gasteiger partial charge in [0.25, 0.3) is 0 Å².